The van der Waals surface area contributed by atoms with Crippen LogP contribution >= 0.6 is 0 Å². The van der Waals surface area contributed by atoms with Crippen molar-refractivity contribution in [1.82, 2.24) is 14.9 Å². The number of ether oxygens (including phenoxy) is 1. The lowest BCUT2D eigenvalue weighted by Crippen LogP contribution is -2.27. The SMILES string of the molecule is O=C(CCn1cnc2ccccc2c1=O)NCc1cccc(Oc2ccccc2)c1. The van der Waals surface area contributed by atoms with Gasteiger partial charge in [0.25, 0.3) is 5.56 Å². The molecular weight excluding hydrogens is 378 g/mol. The van der Waals surface area contributed by atoms with Crippen LogP contribution in [0.25, 0.3) is 10.9 Å². The fraction of sp³-hybridized carbons (Fsp3) is 0.125. The number of carbonyl (C=O) groups excluding carboxylic acids is 1. The maximum atomic E-state index is 12.5. The first-order chi connectivity index (χ1) is 14.7. The number of rotatable bonds is 7. The van der Waals surface area contributed by atoms with Crippen molar-refractivity contribution >= 4 is 16.8 Å². The second-order valence-electron chi connectivity index (χ2n) is 6.85. The number of amides is 1. The maximum Gasteiger partial charge on any atom is 0.261 e. The van der Waals surface area contributed by atoms with Crippen LogP contribution in [-0.2, 0) is 17.9 Å². The predicted molar refractivity (Wildman–Crippen MR) is 115 cm³/mol. The van der Waals surface area contributed by atoms with Crippen molar-refractivity contribution in [3.05, 3.63) is 101 Å². The lowest BCUT2D eigenvalue weighted by molar-refractivity contribution is -0.121. The van der Waals surface area contributed by atoms with Crippen molar-refractivity contribution in [3.8, 4) is 11.5 Å². The molecule has 4 rings (SSSR count). The van der Waals surface area contributed by atoms with E-state index in [9.17, 15) is 9.59 Å². The molecule has 6 nitrogen and oxygen atoms in total. The Morgan fingerprint density at radius 1 is 0.933 bits per heavy atom. The van der Waals surface area contributed by atoms with Crippen LogP contribution in [0.3, 0.4) is 0 Å². The molecule has 3 aromatic carbocycles. The van der Waals surface area contributed by atoms with E-state index in [0.29, 0.717) is 23.2 Å². The highest BCUT2D eigenvalue weighted by Crippen LogP contribution is 2.21. The summed E-state index contributed by atoms with van der Waals surface area (Å²) in [5, 5.41) is 3.44. The average Bonchev–Trinajstić information content (AvgIpc) is 2.78. The van der Waals surface area contributed by atoms with Crippen LogP contribution < -0.4 is 15.6 Å². The molecule has 30 heavy (non-hydrogen) atoms. The summed E-state index contributed by atoms with van der Waals surface area (Å²) in [6.07, 6.45) is 1.68. The zero-order valence-corrected chi connectivity index (χ0v) is 16.3. The Hall–Kier alpha value is -3.93. The zero-order chi connectivity index (χ0) is 20.8. The molecule has 0 saturated heterocycles. The van der Waals surface area contributed by atoms with Crippen LogP contribution in [0, 0.1) is 0 Å². The second-order valence-corrected chi connectivity index (χ2v) is 6.85. The Bertz CT molecular complexity index is 1220. The summed E-state index contributed by atoms with van der Waals surface area (Å²) in [4.78, 5) is 29.0. The summed E-state index contributed by atoms with van der Waals surface area (Å²) in [6, 6.07) is 24.3. The Morgan fingerprint density at radius 2 is 1.70 bits per heavy atom. The van der Waals surface area contributed by atoms with E-state index in [1.807, 2.05) is 60.7 Å². The minimum atomic E-state index is -0.140. The molecule has 0 spiro atoms. The molecule has 1 amide bonds. The third-order valence-electron chi connectivity index (χ3n) is 4.68. The van der Waals surface area contributed by atoms with Crippen molar-refractivity contribution in [2.75, 3.05) is 0 Å². The van der Waals surface area contributed by atoms with Gasteiger partial charge < -0.3 is 10.1 Å². The molecule has 150 valence electrons. The van der Waals surface area contributed by atoms with E-state index >= 15 is 0 Å². The summed E-state index contributed by atoms with van der Waals surface area (Å²) in [6.45, 7) is 0.662. The number of carbonyl (C=O) groups is 1. The number of nitrogens with zero attached hydrogens (tertiary/aromatic N) is 2. The van der Waals surface area contributed by atoms with E-state index in [1.165, 1.54) is 10.9 Å². The van der Waals surface area contributed by atoms with Crippen molar-refractivity contribution in [2.45, 2.75) is 19.5 Å². The van der Waals surface area contributed by atoms with Gasteiger partial charge in [0.2, 0.25) is 5.91 Å². The van der Waals surface area contributed by atoms with Gasteiger partial charge >= 0.3 is 0 Å². The second kappa shape index (κ2) is 9.05. The Labute approximate surface area is 173 Å². The van der Waals surface area contributed by atoms with Gasteiger partial charge in [-0.25, -0.2) is 4.98 Å². The van der Waals surface area contributed by atoms with Gasteiger partial charge in [0, 0.05) is 19.5 Å². The van der Waals surface area contributed by atoms with E-state index in [4.69, 9.17) is 4.74 Å². The number of para-hydroxylation sites is 2. The van der Waals surface area contributed by atoms with E-state index in [1.54, 1.807) is 18.2 Å². The highest BCUT2D eigenvalue weighted by Gasteiger charge is 2.07. The number of hydrogen-bond acceptors (Lipinski definition) is 4. The van der Waals surface area contributed by atoms with Crippen LogP contribution in [0.1, 0.15) is 12.0 Å². The molecule has 1 aromatic heterocycles. The molecule has 0 saturated carbocycles. The number of fused-ring (bicyclic) bond motifs is 1. The Kier molecular flexibility index (Phi) is 5.85. The highest BCUT2D eigenvalue weighted by atomic mass is 16.5. The summed E-state index contributed by atoms with van der Waals surface area (Å²) >= 11 is 0. The first-order valence-electron chi connectivity index (χ1n) is 9.72. The summed E-state index contributed by atoms with van der Waals surface area (Å²) in [5.41, 5.74) is 1.45. The molecule has 0 aliphatic heterocycles. The topological polar surface area (TPSA) is 73.2 Å². The Morgan fingerprint density at radius 3 is 2.57 bits per heavy atom. The standard InChI is InChI=1S/C24H21N3O3/c28-23(13-14-27-17-26-22-12-5-4-11-21(22)24(27)29)25-16-18-7-6-10-20(15-18)30-19-8-2-1-3-9-19/h1-12,15,17H,13-14,16H2,(H,25,28). The summed E-state index contributed by atoms with van der Waals surface area (Å²) in [5.74, 6) is 1.33. The quantitative estimate of drug-likeness (QED) is 0.512. The summed E-state index contributed by atoms with van der Waals surface area (Å²) in [7, 11) is 0. The fourth-order valence-electron chi connectivity index (χ4n) is 3.12. The molecule has 0 aliphatic carbocycles. The van der Waals surface area contributed by atoms with E-state index < -0.39 is 0 Å². The molecule has 0 radical (unpaired) electrons. The van der Waals surface area contributed by atoms with E-state index in [2.05, 4.69) is 10.3 Å². The highest BCUT2D eigenvalue weighted by molar-refractivity contribution is 5.77. The molecule has 0 bridgehead atoms. The predicted octanol–water partition coefficient (Wildman–Crippen LogP) is 3.90. The molecule has 1 N–H and O–H groups in total. The molecule has 0 aliphatic rings. The zero-order valence-electron chi connectivity index (χ0n) is 16.3. The number of aromatic nitrogens is 2. The molecule has 4 aromatic rings. The fourth-order valence-corrected chi connectivity index (χ4v) is 3.12. The minimum Gasteiger partial charge on any atom is -0.457 e. The molecular formula is C24H21N3O3. The third kappa shape index (κ3) is 4.72. The van der Waals surface area contributed by atoms with Gasteiger partial charge in [-0.3, -0.25) is 14.2 Å². The number of nitrogens with one attached hydrogen (secondary N) is 1. The largest absolute Gasteiger partial charge is 0.457 e. The number of benzene rings is 3. The van der Waals surface area contributed by atoms with Crippen LogP contribution in [0.2, 0.25) is 0 Å². The maximum absolute atomic E-state index is 12.5. The number of hydrogen-bond donors (Lipinski definition) is 1. The van der Waals surface area contributed by atoms with Gasteiger partial charge in [0.1, 0.15) is 11.5 Å². The Balaban J connectivity index is 1.33. The van der Waals surface area contributed by atoms with Crippen LogP contribution in [-0.4, -0.2) is 15.5 Å². The molecule has 0 fully saturated rings. The lowest BCUT2D eigenvalue weighted by Gasteiger charge is -2.10. The van der Waals surface area contributed by atoms with Crippen molar-refractivity contribution in [2.24, 2.45) is 0 Å². The van der Waals surface area contributed by atoms with Gasteiger partial charge in [-0.1, -0.05) is 42.5 Å². The van der Waals surface area contributed by atoms with Crippen molar-refractivity contribution in [3.63, 3.8) is 0 Å². The van der Waals surface area contributed by atoms with Crippen molar-refractivity contribution in [1.29, 1.82) is 0 Å². The molecule has 6 heteroatoms. The molecule has 0 unspecified atom stereocenters. The monoisotopic (exact) mass is 399 g/mol. The van der Waals surface area contributed by atoms with Gasteiger partial charge in [-0.2, -0.15) is 0 Å². The lowest BCUT2D eigenvalue weighted by atomic mass is 10.2. The smallest absolute Gasteiger partial charge is 0.261 e. The van der Waals surface area contributed by atoms with Crippen LogP contribution in [0.4, 0.5) is 0 Å². The van der Waals surface area contributed by atoms with Crippen molar-refractivity contribution < 1.29 is 9.53 Å². The summed E-state index contributed by atoms with van der Waals surface area (Å²) < 4.78 is 7.29. The average molecular weight is 399 g/mol. The van der Waals surface area contributed by atoms with Crippen LogP contribution in [0.15, 0.2) is 90.0 Å². The minimum absolute atomic E-state index is 0.135. The first-order valence-corrected chi connectivity index (χ1v) is 9.72. The number of aryl methyl sites for hydroxylation is 1. The third-order valence-corrected chi connectivity index (χ3v) is 4.68. The van der Waals surface area contributed by atoms with E-state index in [0.717, 1.165) is 11.3 Å². The van der Waals surface area contributed by atoms with Crippen LogP contribution in [0.5, 0.6) is 11.5 Å². The normalized spacial score (nSPS) is 10.7. The van der Waals surface area contributed by atoms with Gasteiger partial charge in [-0.15, -0.1) is 0 Å². The van der Waals surface area contributed by atoms with E-state index in [-0.39, 0.29) is 24.4 Å². The molecule has 1 heterocycles. The first kappa shape index (κ1) is 19.4. The van der Waals surface area contributed by atoms with Gasteiger partial charge in [0.15, 0.2) is 0 Å². The molecule has 0 atom stereocenters. The van der Waals surface area contributed by atoms with Gasteiger partial charge in [0.05, 0.1) is 17.2 Å². The van der Waals surface area contributed by atoms with Gasteiger partial charge in [-0.05, 0) is 42.0 Å².